The van der Waals surface area contributed by atoms with Crippen LogP contribution < -0.4 is 15.1 Å². The van der Waals surface area contributed by atoms with Crippen molar-refractivity contribution in [2.75, 3.05) is 29.2 Å². The third-order valence-corrected chi connectivity index (χ3v) is 6.00. The standard InChI is InChI=1S/C25H30N4O4/c1-7-29-18-13-9-8-11-16(18)15-20(29)25(22(30)31)26-17-12-10-14-19(21(17)28(25)6)27(5)23(32)33-24(2,3)4/h8-15,26H,7H2,1-6H3,(H,30,31). The molecule has 0 radical (unpaired) electrons. The first-order chi connectivity index (χ1) is 15.5. The van der Waals surface area contributed by atoms with Crippen LogP contribution in [0.5, 0.6) is 0 Å². The molecule has 1 atom stereocenters. The average molecular weight is 451 g/mol. The van der Waals surface area contributed by atoms with Gasteiger partial charge in [-0.05, 0) is 52.0 Å². The fourth-order valence-electron chi connectivity index (χ4n) is 4.52. The number of anilines is 3. The largest absolute Gasteiger partial charge is 0.478 e. The summed E-state index contributed by atoms with van der Waals surface area (Å²) in [6.07, 6.45) is -0.514. The molecule has 33 heavy (non-hydrogen) atoms. The van der Waals surface area contributed by atoms with Crippen LogP contribution in [0.2, 0.25) is 0 Å². The van der Waals surface area contributed by atoms with Gasteiger partial charge in [-0.1, -0.05) is 24.3 Å². The van der Waals surface area contributed by atoms with Gasteiger partial charge in [0.05, 0.1) is 22.8 Å². The summed E-state index contributed by atoms with van der Waals surface area (Å²) < 4.78 is 7.55. The van der Waals surface area contributed by atoms with E-state index in [0.717, 1.165) is 10.9 Å². The van der Waals surface area contributed by atoms with Crippen molar-refractivity contribution in [2.45, 2.75) is 45.5 Å². The van der Waals surface area contributed by atoms with Crippen LogP contribution in [0, 0.1) is 0 Å². The monoisotopic (exact) mass is 450 g/mol. The van der Waals surface area contributed by atoms with E-state index in [1.54, 1.807) is 51.9 Å². The Kier molecular flexibility index (Phi) is 5.27. The number of hydrogen-bond donors (Lipinski definition) is 2. The maximum atomic E-state index is 12.9. The zero-order chi connectivity index (χ0) is 24.1. The van der Waals surface area contributed by atoms with E-state index >= 15 is 0 Å². The van der Waals surface area contributed by atoms with E-state index in [9.17, 15) is 14.7 Å². The number of carboxylic acid groups (broad SMARTS) is 1. The number of amides is 1. The number of hydrogen-bond acceptors (Lipinski definition) is 5. The van der Waals surface area contributed by atoms with Crippen molar-refractivity contribution < 1.29 is 19.4 Å². The highest BCUT2D eigenvalue weighted by Gasteiger charge is 2.53. The molecule has 2 aromatic carbocycles. The number of aromatic nitrogens is 1. The number of likely N-dealkylation sites (N-methyl/N-ethyl adjacent to an activating group) is 1. The first kappa shape index (κ1) is 22.5. The Bertz CT molecular complexity index is 1240. The zero-order valence-corrected chi connectivity index (χ0v) is 19.8. The van der Waals surface area contributed by atoms with Crippen LogP contribution in [-0.2, 0) is 21.7 Å². The summed E-state index contributed by atoms with van der Waals surface area (Å²) >= 11 is 0. The molecule has 2 N–H and O–H groups in total. The van der Waals surface area contributed by atoms with Crippen LogP contribution in [0.1, 0.15) is 33.4 Å². The van der Waals surface area contributed by atoms with Gasteiger partial charge in [0.2, 0.25) is 0 Å². The minimum atomic E-state index is -1.55. The second-order valence-corrected chi connectivity index (χ2v) is 9.24. The van der Waals surface area contributed by atoms with E-state index in [1.807, 2.05) is 47.9 Å². The van der Waals surface area contributed by atoms with Crippen LogP contribution in [0.25, 0.3) is 10.9 Å². The number of fused-ring (bicyclic) bond motifs is 2. The lowest BCUT2D eigenvalue weighted by Crippen LogP contribution is -2.54. The van der Waals surface area contributed by atoms with Gasteiger partial charge < -0.3 is 24.6 Å². The number of rotatable bonds is 4. The molecule has 8 heteroatoms. The highest BCUT2D eigenvalue weighted by Crippen LogP contribution is 2.50. The van der Waals surface area contributed by atoms with Gasteiger partial charge in [0, 0.05) is 31.5 Å². The van der Waals surface area contributed by atoms with E-state index < -0.39 is 23.3 Å². The fourth-order valence-corrected chi connectivity index (χ4v) is 4.52. The molecule has 1 unspecified atom stereocenters. The second kappa shape index (κ2) is 7.72. The van der Waals surface area contributed by atoms with Gasteiger partial charge in [0.15, 0.2) is 0 Å². The van der Waals surface area contributed by atoms with Crippen molar-refractivity contribution in [1.82, 2.24) is 4.57 Å². The first-order valence-electron chi connectivity index (χ1n) is 10.9. The van der Waals surface area contributed by atoms with Crippen molar-refractivity contribution in [2.24, 2.45) is 0 Å². The zero-order valence-electron chi connectivity index (χ0n) is 19.8. The summed E-state index contributed by atoms with van der Waals surface area (Å²) in [5, 5.41) is 14.8. The van der Waals surface area contributed by atoms with Crippen molar-refractivity contribution in [1.29, 1.82) is 0 Å². The summed E-state index contributed by atoms with van der Waals surface area (Å²) in [4.78, 5) is 28.8. The summed E-state index contributed by atoms with van der Waals surface area (Å²) in [6, 6.07) is 15.2. The summed E-state index contributed by atoms with van der Waals surface area (Å²) in [7, 11) is 3.36. The molecule has 0 spiro atoms. The quantitative estimate of drug-likeness (QED) is 0.592. The number of nitrogens with zero attached hydrogens (tertiary/aromatic N) is 3. The Morgan fingerprint density at radius 3 is 2.48 bits per heavy atom. The Morgan fingerprint density at radius 1 is 1.15 bits per heavy atom. The molecular weight excluding hydrogens is 420 g/mol. The summed E-state index contributed by atoms with van der Waals surface area (Å²) in [6.45, 7) is 8.02. The molecule has 1 aliphatic heterocycles. The third-order valence-electron chi connectivity index (χ3n) is 6.00. The molecule has 1 aromatic heterocycles. The molecule has 1 amide bonds. The van der Waals surface area contributed by atoms with E-state index in [4.69, 9.17) is 4.74 Å². The number of carbonyl (C=O) groups excluding carboxylic acids is 1. The van der Waals surface area contributed by atoms with E-state index in [0.29, 0.717) is 29.3 Å². The predicted octanol–water partition coefficient (Wildman–Crippen LogP) is 4.83. The Balaban J connectivity index is 1.87. The van der Waals surface area contributed by atoms with Crippen LogP contribution >= 0.6 is 0 Å². The molecule has 0 aliphatic carbocycles. The lowest BCUT2D eigenvalue weighted by atomic mass is 10.0. The van der Waals surface area contributed by atoms with Gasteiger partial charge in [-0.2, -0.15) is 0 Å². The molecule has 174 valence electrons. The molecule has 8 nitrogen and oxygen atoms in total. The van der Waals surface area contributed by atoms with Crippen molar-refractivity contribution in [3.05, 3.63) is 54.2 Å². The van der Waals surface area contributed by atoms with Crippen molar-refractivity contribution >= 4 is 40.0 Å². The van der Waals surface area contributed by atoms with Crippen molar-refractivity contribution in [3.63, 3.8) is 0 Å². The molecule has 0 saturated heterocycles. The molecule has 4 rings (SSSR count). The lowest BCUT2D eigenvalue weighted by Gasteiger charge is -2.35. The molecule has 0 saturated carbocycles. The molecule has 3 aromatic rings. The Labute approximate surface area is 193 Å². The SMILES string of the molecule is CCn1c(C2(C(=O)O)Nc3cccc(N(C)C(=O)OC(C)(C)C)c3N2C)cc2ccccc21. The van der Waals surface area contributed by atoms with Gasteiger partial charge in [0.1, 0.15) is 5.60 Å². The number of para-hydroxylation sites is 2. The van der Waals surface area contributed by atoms with Crippen LogP contribution in [0.3, 0.4) is 0 Å². The molecular formula is C25H30N4O4. The molecule has 0 bridgehead atoms. The topological polar surface area (TPSA) is 87.0 Å². The number of ether oxygens (including phenoxy) is 1. The van der Waals surface area contributed by atoms with Crippen LogP contribution in [0.4, 0.5) is 21.9 Å². The van der Waals surface area contributed by atoms with E-state index in [1.165, 1.54) is 4.90 Å². The van der Waals surface area contributed by atoms with Crippen molar-refractivity contribution in [3.8, 4) is 0 Å². The third kappa shape index (κ3) is 3.46. The second-order valence-electron chi connectivity index (χ2n) is 9.24. The van der Waals surface area contributed by atoms with Gasteiger partial charge in [-0.15, -0.1) is 0 Å². The number of benzene rings is 2. The van der Waals surface area contributed by atoms with E-state index in [2.05, 4.69) is 5.32 Å². The molecule has 2 heterocycles. The maximum Gasteiger partial charge on any atom is 0.414 e. The number of nitrogens with one attached hydrogen (secondary N) is 1. The average Bonchev–Trinajstić information content (AvgIpc) is 3.27. The highest BCUT2D eigenvalue weighted by atomic mass is 16.6. The van der Waals surface area contributed by atoms with Gasteiger partial charge >= 0.3 is 12.1 Å². The van der Waals surface area contributed by atoms with E-state index in [-0.39, 0.29) is 0 Å². The molecule has 0 fully saturated rings. The maximum absolute atomic E-state index is 12.9. The normalized spacial score (nSPS) is 17.6. The van der Waals surface area contributed by atoms with Gasteiger partial charge in [0.25, 0.3) is 5.66 Å². The number of carboxylic acids is 1. The lowest BCUT2D eigenvalue weighted by molar-refractivity contribution is -0.142. The first-order valence-corrected chi connectivity index (χ1v) is 10.9. The summed E-state index contributed by atoms with van der Waals surface area (Å²) in [5.41, 5.74) is 1.17. The highest BCUT2D eigenvalue weighted by molar-refractivity contribution is 6.03. The van der Waals surface area contributed by atoms with Crippen LogP contribution in [-0.4, -0.2) is 41.4 Å². The smallest absolute Gasteiger partial charge is 0.414 e. The summed E-state index contributed by atoms with van der Waals surface area (Å²) in [5.74, 6) is -1.04. The number of aliphatic carboxylic acids is 1. The number of aryl methyl sites for hydroxylation is 1. The van der Waals surface area contributed by atoms with Gasteiger partial charge in [-0.3, -0.25) is 4.90 Å². The fraction of sp³-hybridized carbons (Fsp3) is 0.360. The Hall–Kier alpha value is -3.68. The molecule has 1 aliphatic rings. The van der Waals surface area contributed by atoms with Gasteiger partial charge in [-0.25, -0.2) is 9.59 Å². The minimum Gasteiger partial charge on any atom is -0.478 e. The van der Waals surface area contributed by atoms with Crippen LogP contribution in [0.15, 0.2) is 48.5 Å². The Morgan fingerprint density at radius 2 is 1.85 bits per heavy atom. The number of carbonyl (C=O) groups is 2. The minimum absolute atomic E-state index is 0.514. The predicted molar refractivity (Wildman–Crippen MR) is 130 cm³/mol.